The Bertz CT molecular complexity index is 497. The second-order valence-electron chi connectivity index (χ2n) is 7.80. The first-order valence-electron chi connectivity index (χ1n) is 9.08. The van der Waals surface area contributed by atoms with Crippen LogP contribution in [0.3, 0.4) is 0 Å². The van der Waals surface area contributed by atoms with Gasteiger partial charge in [-0.25, -0.2) is 0 Å². The van der Waals surface area contributed by atoms with E-state index in [2.05, 4.69) is 5.32 Å². The molecule has 2 fully saturated rings. The van der Waals surface area contributed by atoms with Gasteiger partial charge >= 0.3 is 5.97 Å². The first-order valence-corrected chi connectivity index (χ1v) is 9.08. The molecule has 1 heterocycles. The zero-order valence-corrected chi connectivity index (χ0v) is 15.0. The number of carbonyl (C=O) groups excluding carboxylic acids is 2. The van der Waals surface area contributed by atoms with Crippen LogP contribution in [0.2, 0.25) is 0 Å². The molecule has 2 atom stereocenters. The monoisotopic (exact) mass is 338 g/mol. The smallest absolute Gasteiger partial charge is 0.308 e. The highest BCUT2D eigenvalue weighted by atomic mass is 16.4. The minimum Gasteiger partial charge on any atom is -0.481 e. The molecular formula is C18H30N2O4. The van der Waals surface area contributed by atoms with Crippen molar-refractivity contribution in [3.8, 4) is 0 Å². The lowest BCUT2D eigenvalue weighted by molar-refractivity contribution is -0.147. The number of carboxylic acids is 1. The van der Waals surface area contributed by atoms with E-state index >= 15 is 0 Å². The molecule has 6 heteroatoms. The van der Waals surface area contributed by atoms with Crippen LogP contribution < -0.4 is 5.32 Å². The summed E-state index contributed by atoms with van der Waals surface area (Å²) < 4.78 is 0. The maximum absolute atomic E-state index is 12.6. The summed E-state index contributed by atoms with van der Waals surface area (Å²) in [7, 11) is 0. The molecule has 1 saturated heterocycles. The zero-order valence-electron chi connectivity index (χ0n) is 15.0. The van der Waals surface area contributed by atoms with Crippen LogP contribution in [0.15, 0.2) is 0 Å². The first-order chi connectivity index (χ1) is 11.2. The van der Waals surface area contributed by atoms with Gasteiger partial charge in [0.05, 0.1) is 11.5 Å². The van der Waals surface area contributed by atoms with E-state index in [9.17, 15) is 19.5 Å². The SMILES string of the molecule is CC(C)C(=O)N1CCC(C(=O)N[C@@]2(C)CCCC[C@@H]2C(=O)O)CC1. The van der Waals surface area contributed by atoms with Gasteiger partial charge < -0.3 is 15.3 Å². The van der Waals surface area contributed by atoms with Gasteiger partial charge in [-0.2, -0.15) is 0 Å². The molecule has 0 aromatic heterocycles. The van der Waals surface area contributed by atoms with Crippen molar-refractivity contribution < 1.29 is 19.5 Å². The fourth-order valence-electron chi connectivity index (χ4n) is 3.99. The fraction of sp³-hybridized carbons (Fsp3) is 0.833. The second kappa shape index (κ2) is 7.53. The Hall–Kier alpha value is -1.59. The molecule has 1 aliphatic heterocycles. The van der Waals surface area contributed by atoms with Crippen LogP contribution in [0.25, 0.3) is 0 Å². The Kier molecular flexibility index (Phi) is 5.88. The lowest BCUT2D eigenvalue weighted by atomic mass is 9.73. The van der Waals surface area contributed by atoms with Crippen LogP contribution in [0.1, 0.15) is 59.3 Å². The molecule has 0 unspecified atom stereocenters. The molecule has 2 amide bonds. The number of carboxylic acid groups (broad SMARTS) is 1. The molecule has 1 saturated carbocycles. The maximum Gasteiger partial charge on any atom is 0.308 e. The molecule has 6 nitrogen and oxygen atoms in total. The predicted molar refractivity (Wildman–Crippen MR) is 90.3 cm³/mol. The van der Waals surface area contributed by atoms with E-state index in [0.717, 1.165) is 12.8 Å². The van der Waals surface area contributed by atoms with Crippen LogP contribution in [-0.2, 0) is 14.4 Å². The number of piperidine rings is 1. The summed E-state index contributed by atoms with van der Waals surface area (Å²) >= 11 is 0. The highest BCUT2D eigenvalue weighted by Crippen LogP contribution is 2.34. The van der Waals surface area contributed by atoms with Gasteiger partial charge in [-0.3, -0.25) is 14.4 Å². The van der Waals surface area contributed by atoms with Crippen LogP contribution >= 0.6 is 0 Å². The minimum absolute atomic E-state index is 0.0205. The van der Waals surface area contributed by atoms with Gasteiger partial charge in [0.2, 0.25) is 11.8 Å². The third-order valence-corrected chi connectivity index (χ3v) is 5.59. The van der Waals surface area contributed by atoms with Crippen molar-refractivity contribution in [3.63, 3.8) is 0 Å². The van der Waals surface area contributed by atoms with Gasteiger partial charge in [0.15, 0.2) is 0 Å². The zero-order chi connectivity index (χ0) is 17.9. The summed E-state index contributed by atoms with van der Waals surface area (Å²) in [4.78, 5) is 38.0. The molecule has 0 aromatic rings. The third kappa shape index (κ3) is 4.08. The maximum atomic E-state index is 12.6. The molecule has 0 spiro atoms. The highest BCUT2D eigenvalue weighted by Gasteiger charge is 2.43. The van der Waals surface area contributed by atoms with Gasteiger partial charge in [-0.1, -0.05) is 26.7 Å². The molecule has 136 valence electrons. The van der Waals surface area contributed by atoms with Crippen molar-refractivity contribution in [3.05, 3.63) is 0 Å². The molecule has 2 rings (SSSR count). The van der Waals surface area contributed by atoms with Crippen LogP contribution in [0.4, 0.5) is 0 Å². The van der Waals surface area contributed by atoms with Gasteiger partial charge in [0, 0.05) is 24.9 Å². The lowest BCUT2D eigenvalue weighted by Crippen LogP contribution is -2.57. The van der Waals surface area contributed by atoms with Crippen LogP contribution in [0.5, 0.6) is 0 Å². The number of hydrogen-bond donors (Lipinski definition) is 2. The Balaban J connectivity index is 1.93. The first kappa shape index (κ1) is 18.7. The summed E-state index contributed by atoms with van der Waals surface area (Å²) in [5, 5.41) is 12.5. The molecule has 2 aliphatic rings. The van der Waals surface area contributed by atoms with Crippen LogP contribution in [0, 0.1) is 17.8 Å². The summed E-state index contributed by atoms with van der Waals surface area (Å²) in [6, 6.07) is 0. The molecular weight excluding hydrogens is 308 g/mol. The third-order valence-electron chi connectivity index (χ3n) is 5.59. The van der Waals surface area contributed by atoms with E-state index in [4.69, 9.17) is 0 Å². The normalized spacial score (nSPS) is 28.7. The Morgan fingerprint density at radius 3 is 2.29 bits per heavy atom. The highest BCUT2D eigenvalue weighted by molar-refractivity contribution is 5.82. The number of amides is 2. The number of carbonyl (C=O) groups is 3. The van der Waals surface area contributed by atoms with Gasteiger partial charge in [-0.05, 0) is 32.6 Å². The Morgan fingerprint density at radius 2 is 1.75 bits per heavy atom. The number of rotatable bonds is 4. The summed E-state index contributed by atoms with van der Waals surface area (Å²) in [6.07, 6.45) is 4.48. The molecule has 0 aromatic carbocycles. The standard InChI is InChI=1S/C18H30N2O4/c1-12(2)16(22)20-10-7-13(8-11-20)15(21)19-18(3)9-5-4-6-14(18)17(23)24/h12-14H,4-11H2,1-3H3,(H,19,21)(H,23,24)/t14-,18+/m1/s1. The van der Waals surface area contributed by atoms with E-state index in [1.165, 1.54) is 0 Å². The molecule has 0 radical (unpaired) electrons. The topological polar surface area (TPSA) is 86.7 Å². The van der Waals surface area contributed by atoms with E-state index < -0.39 is 17.4 Å². The number of hydrogen-bond acceptors (Lipinski definition) is 3. The van der Waals surface area contributed by atoms with Crippen molar-refractivity contribution in [2.75, 3.05) is 13.1 Å². The quantitative estimate of drug-likeness (QED) is 0.821. The van der Waals surface area contributed by atoms with Crippen molar-refractivity contribution in [1.82, 2.24) is 10.2 Å². The number of aliphatic carboxylic acids is 1. The second-order valence-corrected chi connectivity index (χ2v) is 7.80. The van der Waals surface area contributed by atoms with E-state index in [-0.39, 0.29) is 23.7 Å². The van der Waals surface area contributed by atoms with Crippen molar-refractivity contribution in [2.24, 2.45) is 17.8 Å². The molecule has 2 N–H and O–H groups in total. The predicted octanol–water partition coefficient (Wildman–Crippen LogP) is 2.03. The average molecular weight is 338 g/mol. The van der Waals surface area contributed by atoms with Gasteiger partial charge in [0.1, 0.15) is 0 Å². The van der Waals surface area contributed by atoms with Crippen molar-refractivity contribution >= 4 is 17.8 Å². The molecule has 24 heavy (non-hydrogen) atoms. The summed E-state index contributed by atoms with van der Waals surface area (Å²) in [5.41, 5.74) is -0.661. The number of nitrogens with one attached hydrogen (secondary N) is 1. The Labute approximate surface area is 144 Å². The van der Waals surface area contributed by atoms with Crippen molar-refractivity contribution in [2.45, 2.75) is 64.8 Å². The Morgan fingerprint density at radius 1 is 1.12 bits per heavy atom. The van der Waals surface area contributed by atoms with E-state index in [1.54, 1.807) is 0 Å². The van der Waals surface area contributed by atoms with E-state index in [1.807, 2.05) is 25.7 Å². The largest absolute Gasteiger partial charge is 0.481 e. The average Bonchev–Trinajstić information content (AvgIpc) is 2.53. The minimum atomic E-state index is -0.824. The number of nitrogens with zero attached hydrogens (tertiary/aromatic N) is 1. The van der Waals surface area contributed by atoms with Crippen LogP contribution in [-0.4, -0.2) is 46.4 Å². The summed E-state index contributed by atoms with van der Waals surface area (Å²) in [6.45, 7) is 6.84. The lowest BCUT2D eigenvalue weighted by Gasteiger charge is -2.41. The van der Waals surface area contributed by atoms with Gasteiger partial charge in [-0.15, -0.1) is 0 Å². The van der Waals surface area contributed by atoms with E-state index in [0.29, 0.717) is 38.8 Å². The van der Waals surface area contributed by atoms with Gasteiger partial charge in [0.25, 0.3) is 0 Å². The summed E-state index contributed by atoms with van der Waals surface area (Å²) in [5.74, 6) is -1.41. The van der Waals surface area contributed by atoms with Crippen molar-refractivity contribution in [1.29, 1.82) is 0 Å². The molecule has 1 aliphatic carbocycles. The number of likely N-dealkylation sites (tertiary alicyclic amines) is 1. The fourth-order valence-corrected chi connectivity index (χ4v) is 3.99. The molecule has 0 bridgehead atoms.